The third kappa shape index (κ3) is 6.48. The molecule has 0 aliphatic carbocycles. The maximum Gasteiger partial charge on any atom is 0.238 e. The Kier molecular flexibility index (Phi) is 7.87. The number of nitrogens with one attached hydrogen (secondary N) is 2. The minimum atomic E-state index is 0.0398. The Morgan fingerprint density at radius 3 is 2.61 bits per heavy atom. The van der Waals surface area contributed by atoms with Gasteiger partial charge in [-0.15, -0.1) is 5.10 Å². The van der Waals surface area contributed by atoms with Crippen LogP contribution in [0.3, 0.4) is 0 Å². The Hall–Kier alpha value is -2.59. The van der Waals surface area contributed by atoms with Crippen molar-refractivity contribution in [1.29, 1.82) is 0 Å². The van der Waals surface area contributed by atoms with Crippen LogP contribution < -0.4 is 10.6 Å². The second kappa shape index (κ2) is 11.0. The highest BCUT2D eigenvalue weighted by Gasteiger charge is 2.20. The molecule has 0 atom stereocenters. The third-order valence-corrected chi connectivity index (χ3v) is 6.94. The molecule has 4 rings (SSSR count). The van der Waals surface area contributed by atoms with E-state index in [2.05, 4.69) is 57.6 Å². The second-order valence-corrected chi connectivity index (χ2v) is 9.88. The zero-order chi connectivity index (χ0) is 23.2. The normalized spacial score (nSPS) is 14.8. The van der Waals surface area contributed by atoms with Crippen LogP contribution in [-0.2, 0) is 17.9 Å². The van der Waals surface area contributed by atoms with E-state index in [1.165, 1.54) is 16.9 Å². The number of aromatic nitrogens is 2. The molecule has 1 aromatic heterocycles. The molecule has 0 unspecified atom stereocenters. The fourth-order valence-electron chi connectivity index (χ4n) is 3.91. The number of rotatable bonds is 8. The number of amides is 1. The van der Waals surface area contributed by atoms with Crippen molar-refractivity contribution in [3.63, 3.8) is 0 Å². The number of para-hydroxylation sites is 1. The molecule has 1 amide bonds. The topological polar surface area (TPSA) is 65.4 Å². The molecule has 7 nitrogen and oxygen atoms in total. The monoisotopic (exact) mass is 482 g/mol. The molecule has 0 bridgehead atoms. The number of anilines is 3. The average molecular weight is 483 g/mol. The summed E-state index contributed by atoms with van der Waals surface area (Å²) in [5.74, 6) is 0.0398. The number of benzene rings is 2. The van der Waals surface area contributed by atoms with Gasteiger partial charge in [0.15, 0.2) is 3.95 Å². The number of hydrogen-bond donors (Lipinski definition) is 2. The predicted octanol–water partition coefficient (Wildman–Crippen LogP) is 4.50. The molecular formula is C24H30N6OS2. The Morgan fingerprint density at radius 1 is 1.09 bits per heavy atom. The van der Waals surface area contributed by atoms with Gasteiger partial charge in [-0.25, -0.2) is 4.68 Å². The molecule has 0 radical (unpaired) electrons. The van der Waals surface area contributed by atoms with Gasteiger partial charge in [-0.05, 0) is 54.9 Å². The molecule has 9 heteroatoms. The minimum absolute atomic E-state index is 0.0398. The van der Waals surface area contributed by atoms with Gasteiger partial charge in [0.1, 0.15) is 0 Å². The first-order chi connectivity index (χ1) is 16.0. The molecule has 2 heterocycles. The van der Waals surface area contributed by atoms with Gasteiger partial charge in [0, 0.05) is 37.6 Å². The number of hydrogen-bond acceptors (Lipinski definition) is 7. The van der Waals surface area contributed by atoms with Crippen molar-refractivity contribution in [1.82, 2.24) is 19.6 Å². The lowest BCUT2D eigenvalue weighted by Crippen LogP contribution is -2.49. The Balaban J connectivity index is 1.26. The lowest BCUT2D eigenvalue weighted by atomic mass is 10.1. The summed E-state index contributed by atoms with van der Waals surface area (Å²) in [7, 11) is 0. The van der Waals surface area contributed by atoms with Crippen molar-refractivity contribution in [2.45, 2.75) is 26.9 Å². The molecule has 2 N–H and O–H groups in total. The van der Waals surface area contributed by atoms with Gasteiger partial charge in [-0.3, -0.25) is 14.6 Å². The Bertz CT molecular complexity index is 1150. The maximum absolute atomic E-state index is 12.5. The molecule has 1 saturated heterocycles. The summed E-state index contributed by atoms with van der Waals surface area (Å²) < 4.78 is 2.63. The highest BCUT2D eigenvalue weighted by molar-refractivity contribution is 7.73. The van der Waals surface area contributed by atoms with Crippen LogP contribution in [0.15, 0.2) is 48.5 Å². The van der Waals surface area contributed by atoms with Crippen LogP contribution in [0.5, 0.6) is 0 Å². The highest BCUT2D eigenvalue weighted by atomic mass is 32.1. The van der Waals surface area contributed by atoms with Crippen molar-refractivity contribution in [3.8, 4) is 0 Å². The minimum Gasteiger partial charge on any atom is -0.330 e. The molecule has 1 aliphatic rings. The third-order valence-electron chi connectivity index (χ3n) is 5.71. The van der Waals surface area contributed by atoms with Crippen LogP contribution >= 0.6 is 23.6 Å². The van der Waals surface area contributed by atoms with Gasteiger partial charge in [0.25, 0.3) is 0 Å². The van der Waals surface area contributed by atoms with Gasteiger partial charge in [0.2, 0.25) is 11.0 Å². The van der Waals surface area contributed by atoms with Gasteiger partial charge in [0.05, 0.1) is 13.2 Å². The molecule has 0 saturated carbocycles. The van der Waals surface area contributed by atoms with Crippen LogP contribution in [-0.4, -0.2) is 58.2 Å². The van der Waals surface area contributed by atoms with Crippen LogP contribution in [0, 0.1) is 10.9 Å². The van der Waals surface area contributed by atoms with E-state index in [0.29, 0.717) is 13.2 Å². The Morgan fingerprint density at radius 2 is 1.85 bits per heavy atom. The average Bonchev–Trinajstić information content (AvgIpc) is 3.13. The first-order valence-electron chi connectivity index (χ1n) is 11.2. The van der Waals surface area contributed by atoms with E-state index < -0.39 is 0 Å². The number of nitrogens with zero attached hydrogens (tertiary/aromatic N) is 4. The number of piperazine rings is 1. The van der Waals surface area contributed by atoms with Crippen molar-refractivity contribution >= 4 is 46.0 Å². The summed E-state index contributed by atoms with van der Waals surface area (Å²) in [4.78, 5) is 17.1. The lowest BCUT2D eigenvalue weighted by molar-refractivity contribution is -0.117. The standard InChI is InChI=1S/C24H30N6OS2/c1-3-19-8-4-5-10-21(19)26-22(31)16-28-11-13-29(14-12-28)17-30-24(32)33-23(27-30)25-20-9-6-7-18(2)15-20/h4-10,15H,3,11-14,16-17H2,1-2H3,(H,25,27)(H,26,31). The summed E-state index contributed by atoms with van der Waals surface area (Å²) in [6.45, 7) is 8.67. The fourth-order valence-corrected chi connectivity index (χ4v) is 4.93. The second-order valence-electron chi connectivity index (χ2n) is 8.26. The van der Waals surface area contributed by atoms with Crippen molar-refractivity contribution < 1.29 is 4.79 Å². The number of carbonyl (C=O) groups excluding carboxylic acids is 1. The van der Waals surface area contributed by atoms with Crippen LogP contribution in [0.25, 0.3) is 0 Å². The van der Waals surface area contributed by atoms with E-state index in [9.17, 15) is 4.79 Å². The molecule has 1 aliphatic heterocycles. The first-order valence-corrected chi connectivity index (χ1v) is 12.5. The summed E-state index contributed by atoms with van der Waals surface area (Å²) in [6, 6.07) is 16.2. The van der Waals surface area contributed by atoms with Crippen LogP contribution in [0.4, 0.5) is 16.5 Å². The molecule has 1 fully saturated rings. The Labute approximate surface area is 204 Å². The lowest BCUT2D eigenvalue weighted by Gasteiger charge is -2.34. The van der Waals surface area contributed by atoms with E-state index in [0.717, 1.165) is 58.6 Å². The van der Waals surface area contributed by atoms with E-state index in [1.807, 2.05) is 35.0 Å². The van der Waals surface area contributed by atoms with Gasteiger partial charge in [-0.1, -0.05) is 48.6 Å². The summed E-state index contributed by atoms with van der Waals surface area (Å²) >= 11 is 7.02. The fraction of sp³-hybridized carbons (Fsp3) is 0.375. The summed E-state index contributed by atoms with van der Waals surface area (Å²) in [5.41, 5.74) is 4.28. The van der Waals surface area contributed by atoms with Crippen LogP contribution in [0.2, 0.25) is 0 Å². The van der Waals surface area contributed by atoms with Crippen molar-refractivity contribution in [2.75, 3.05) is 43.4 Å². The number of aryl methyl sites for hydroxylation is 2. The van der Waals surface area contributed by atoms with E-state index in [1.54, 1.807) is 0 Å². The molecular weight excluding hydrogens is 452 g/mol. The smallest absolute Gasteiger partial charge is 0.238 e. The quantitative estimate of drug-likeness (QED) is 0.461. The first kappa shape index (κ1) is 23.6. The SMILES string of the molecule is CCc1ccccc1NC(=O)CN1CCN(Cn2nc(Nc3cccc(C)c3)sc2=S)CC1. The van der Waals surface area contributed by atoms with Gasteiger partial charge in [-0.2, -0.15) is 0 Å². The van der Waals surface area contributed by atoms with Crippen molar-refractivity contribution in [2.24, 2.45) is 0 Å². The zero-order valence-corrected chi connectivity index (χ0v) is 20.7. The molecule has 0 spiro atoms. The van der Waals surface area contributed by atoms with E-state index >= 15 is 0 Å². The van der Waals surface area contributed by atoms with Gasteiger partial charge >= 0.3 is 0 Å². The molecule has 2 aromatic carbocycles. The molecule has 174 valence electrons. The van der Waals surface area contributed by atoms with Crippen molar-refractivity contribution in [3.05, 3.63) is 63.6 Å². The van der Waals surface area contributed by atoms with Crippen LogP contribution in [0.1, 0.15) is 18.1 Å². The summed E-state index contributed by atoms with van der Waals surface area (Å²) in [5, 5.41) is 11.9. The maximum atomic E-state index is 12.5. The van der Waals surface area contributed by atoms with Gasteiger partial charge < -0.3 is 10.6 Å². The summed E-state index contributed by atoms with van der Waals surface area (Å²) in [6.07, 6.45) is 0.899. The zero-order valence-electron chi connectivity index (χ0n) is 19.1. The predicted molar refractivity (Wildman–Crippen MR) is 138 cm³/mol. The van der Waals surface area contributed by atoms with E-state index in [4.69, 9.17) is 12.2 Å². The van der Waals surface area contributed by atoms with E-state index in [-0.39, 0.29) is 5.91 Å². The molecule has 3 aromatic rings. The molecule has 33 heavy (non-hydrogen) atoms. The highest BCUT2D eigenvalue weighted by Crippen LogP contribution is 2.21. The largest absolute Gasteiger partial charge is 0.330 e. The number of carbonyl (C=O) groups is 1.